The van der Waals surface area contributed by atoms with Gasteiger partial charge in [0.1, 0.15) is 5.76 Å². The smallest absolute Gasteiger partial charge is 0.372 e. The molecular formula is C14H22N2O3. The summed E-state index contributed by atoms with van der Waals surface area (Å²) < 4.78 is 5.44. The van der Waals surface area contributed by atoms with Crippen molar-refractivity contribution in [3.05, 3.63) is 23.2 Å². The van der Waals surface area contributed by atoms with Crippen molar-refractivity contribution in [2.24, 2.45) is 0 Å². The molecule has 0 aliphatic carbocycles. The Labute approximate surface area is 113 Å². The van der Waals surface area contributed by atoms with E-state index in [9.17, 15) is 4.79 Å². The third-order valence-corrected chi connectivity index (χ3v) is 3.71. The molecule has 0 spiro atoms. The Morgan fingerprint density at radius 3 is 2.89 bits per heavy atom. The molecule has 5 heteroatoms. The number of aryl methyl sites for hydroxylation is 1. The predicted molar refractivity (Wildman–Crippen MR) is 72.4 cm³/mol. The highest BCUT2D eigenvalue weighted by Crippen LogP contribution is 2.19. The molecule has 1 aliphatic rings. The fourth-order valence-corrected chi connectivity index (χ4v) is 2.70. The normalized spacial score (nSPS) is 22.4. The molecule has 1 aliphatic heterocycles. The standard InChI is InChI=1S/C14H22N2O3/c1-10-7-12(19-13(10)14(17)18)9-16-6-4-5-15(3)8-11(16)2/h7,11H,4-6,8-9H2,1-3H3,(H,17,18). The van der Waals surface area contributed by atoms with Crippen molar-refractivity contribution in [3.63, 3.8) is 0 Å². The molecule has 1 unspecified atom stereocenters. The van der Waals surface area contributed by atoms with E-state index in [0.29, 0.717) is 18.2 Å². The first-order valence-corrected chi connectivity index (χ1v) is 6.72. The summed E-state index contributed by atoms with van der Waals surface area (Å²) in [5.41, 5.74) is 0.696. The van der Waals surface area contributed by atoms with Crippen molar-refractivity contribution >= 4 is 5.97 Å². The maximum absolute atomic E-state index is 11.0. The van der Waals surface area contributed by atoms with E-state index in [0.717, 1.165) is 31.8 Å². The molecule has 2 heterocycles. The molecule has 19 heavy (non-hydrogen) atoms. The minimum atomic E-state index is -0.993. The van der Waals surface area contributed by atoms with E-state index in [2.05, 4.69) is 23.8 Å². The maximum atomic E-state index is 11.0. The fourth-order valence-electron chi connectivity index (χ4n) is 2.70. The van der Waals surface area contributed by atoms with Crippen LogP contribution in [0.3, 0.4) is 0 Å². The highest BCUT2D eigenvalue weighted by molar-refractivity contribution is 5.86. The second-order valence-electron chi connectivity index (χ2n) is 5.47. The van der Waals surface area contributed by atoms with Crippen LogP contribution in [0.5, 0.6) is 0 Å². The van der Waals surface area contributed by atoms with Gasteiger partial charge in [0.15, 0.2) is 0 Å². The quantitative estimate of drug-likeness (QED) is 0.904. The second kappa shape index (κ2) is 5.75. The van der Waals surface area contributed by atoms with Gasteiger partial charge in [-0.3, -0.25) is 4.90 Å². The van der Waals surface area contributed by atoms with Crippen LogP contribution in [0.1, 0.15) is 35.2 Å². The number of hydrogen-bond donors (Lipinski definition) is 1. The minimum Gasteiger partial charge on any atom is -0.475 e. The van der Waals surface area contributed by atoms with E-state index in [1.807, 2.05) is 6.07 Å². The molecule has 1 atom stereocenters. The van der Waals surface area contributed by atoms with Gasteiger partial charge in [0.2, 0.25) is 5.76 Å². The average molecular weight is 266 g/mol. The summed E-state index contributed by atoms with van der Waals surface area (Å²) in [6.07, 6.45) is 1.13. The zero-order valence-electron chi connectivity index (χ0n) is 11.8. The lowest BCUT2D eigenvalue weighted by molar-refractivity contribution is 0.0656. The predicted octanol–water partition coefficient (Wildman–Crippen LogP) is 1.81. The number of carboxylic acids is 1. The summed E-state index contributed by atoms with van der Waals surface area (Å²) in [4.78, 5) is 15.7. The second-order valence-corrected chi connectivity index (χ2v) is 5.47. The van der Waals surface area contributed by atoms with Gasteiger partial charge in [0, 0.05) is 24.7 Å². The molecule has 0 saturated carbocycles. The van der Waals surface area contributed by atoms with Crippen molar-refractivity contribution in [1.29, 1.82) is 0 Å². The van der Waals surface area contributed by atoms with E-state index in [1.165, 1.54) is 0 Å². The zero-order chi connectivity index (χ0) is 14.0. The van der Waals surface area contributed by atoms with Crippen LogP contribution in [0.25, 0.3) is 0 Å². The van der Waals surface area contributed by atoms with E-state index in [-0.39, 0.29) is 5.76 Å². The van der Waals surface area contributed by atoms with Crippen LogP contribution in [-0.4, -0.2) is 53.6 Å². The Bertz CT molecular complexity index is 456. The van der Waals surface area contributed by atoms with Gasteiger partial charge in [-0.15, -0.1) is 0 Å². The number of hydrogen-bond acceptors (Lipinski definition) is 4. The summed E-state index contributed by atoms with van der Waals surface area (Å²) in [5, 5.41) is 9.00. The molecule has 106 valence electrons. The van der Waals surface area contributed by atoms with Crippen molar-refractivity contribution in [1.82, 2.24) is 9.80 Å². The fraction of sp³-hybridized carbons (Fsp3) is 0.643. The third-order valence-electron chi connectivity index (χ3n) is 3.71. The van der Waals surface area contributed by atoms with E-state index in [1.54, 1.807) is 6.92 Å². The molecule has 5 nitrogen and oxygen atoms in total. The van der Waals surface area contributed by atoms with Crippen molar-refractivity contribution in [2.45, 2.75) is 32.9 Å². The van der Waals surface area contributed by atoms with Crippen LogP contribution in [0, 0.1) is 6.92 Å². The Morgan fingerprint density at radius 1 is 1.53 bits per heavy atom. The molecule has 0 bridgehead atoms. The molecule has 1 aromatic rings. The van der Waals surface area contributed by atoms with Gasteiger partial charge in [-0.05, 0) is 39.9 Å². The third kappa shape index (κ3) is 3.36. The van der Waals surface area contributed by atoms with Gasteiger partial charge in [0.05, 0.1) is 6.54 Å². The van der Waals surface area contributed by atoms with Crippen molar-refractivity contribution < 1.29 is 14.3 Å². The van der Waals surface area contributed by atoms with Gasteiger partial charge < -0.3 is 14.4 Å². The lowest BCUT2D eigenvalue weighted by Crippen LogP contribution is -2.37. The largest absolute Gasteiger partial charge is 0.475 e. The SMILES string of the molecule is Cc1cc(CN2CCCN(C)CC2C)oc1C(=O)O. The number of carboxylic acid groups (broad SMARTS) is 1. The van der Waals surface area contributed by atoms with Gasteiger partial charge in [0.25, 0.3) is 0 Å². The van der Waals surface area contributed by atoms with Gasteiger partial charge in [-0.25, -0.2) is 4.79 Å². The molecule has 2 rings (SSSR count). The summed E-state index contributed by atoms with van der Waals surface area (Å²) in [7, 11) is 2.14. The zero-order valence-corrected chi connectivity index (χ0v) is 11.8. The van der Waals surface area contributed by atoms with E-state index < -0.39 is 5.97 Å². The maximum Gasteiger partial charge on any atom is 0.372 e. The van der Waals surface area contributed by atoms with Crippen LogP contribution in [0.2, 0.25) is 0 Å². The van der Waals surface area contributed by atoms with Crippen LogP contribution >= 0.6 is 0 Å². The highest BCUT2D eigenvalue weighted by Gasteiger charge is 2.22. The van der Waals surface area contributed by atoms with Crippen LogP contribution in [0.4, 0.5) is 0 Å². The first-order valence-electron chi connectivity index (χ1n) is 6.72. The number of nitrogens with zero attached hydrogens (tertiary/aromatic N) is 2. The average Bonchev–Trinajstić information content (AvgIpc) is 2.60. The van der Waals surface area contributed by atoms with Crippen molar-refractivity contribution in [2.75, 3.05) is 26.7 Å². The molecule has 1 saturated heterocycles. The lowest BCUT2D eigenvalue weighted by atomic mass is 10.2. The number of rotatable bonds is 3. The van der Waals surface area contributed by atoms with Crippen LogP contribution in [0.15, 0.2) is 10.5 Å². The van der Waals surface area contributed by atoms with Gasteiger partial charge >= 0.3 is 5.97 Å². The van der Waals surface area contributed by atoms with Gasteiger partial charge in [-0.2, -0.15) is 0 Å². The minimum absolute atomic E-state index is 0.0644. The molecule has 1 fully saturated rings. The van der Waals surface area contributed by atoms with Crippen LogP contribution in [-0.2, 0) is 6.54 Å². The van der Waals surface area contributed by atoms with E-state index in [4.69, 9.17) is 9.52 Å². The van der Waals surface area contributed by atoms with E-state index >= 15 is 0 Å². The summed E-state index contributed by atoms with van der Waals surface area (Å²) in [6.45, 7) is 7.83. The first-order chi connectivity index (χ1) is 8.97. The topological polar surface area (TPSA) is 56.9 Å². The molecule has 0 radical (unpaired) electrons. The van der Waals surface area contributed by atoms with Crippen molar-refractivity contribution in [3.8, 4) is 0 Å². The summed E-state index contributed by atoms with van der Waals surface area (Å²) >= 11 is 0. The Morgan fingerprint density at radius 2 is 2.26 bits per heavy atom. The molecule has 0 aromatic carbocycles. The summed E-state index contributed by atoms with van der Waals surface area (Å²) in [6, 6.07) is 2.29. The number of carbonyl (C=O) groups is 1. The summed E-state index contributed by atoms with van der Waals surface area (Å²) in [5.74, 6) is -0.187. The molecular weight excluding hydrogens is 244 g/mol. The first kappa shape index (κ1) is 14.1. The Balaban J connectivity index is 2.07. The highest BCUT2D eigenvalue weighted by atomic mass is 16.4. The number of furan rings is 1. The Hall–Kier alpha value is -1.33. The number of aromatic carboxylic acids is 1. The number of likely N-dealkylation sites (N-methyl/N-ethyl adjacent to an activating group) is 1. The Kier molecular flexibility index (Phi) is 4.27. The lowest BCUT2D eigenvalue weighted by Gasteiger charge is -2.26. The monoisotopic (exact) mass is 266 g/mol. The van der Waals surface area contributed by atoms with Crippen LogP contribution < -0.4 is 0 Å². The molecule has 0 amide bonds. The molecule has 1 N–H and O–H groups in total. The molecule has 1 aromatic heterocycles. The van der Waals surface area contributed by atoms with Gasteiger partial charge in [-0.1, -0.05) is 0 Å².